The van der Waals surface area contributed by atoms with Crippen LogP contribution in [0.5, 0.6) is 0 Å². The van der Waals surface area contributed by atoms with Gasteiger partial charge in [-0.05, 0) is 35.0 Å². The van der Waals surface area contributed by atoms with Crippen molar-refractivity contribution in [3.05, 3.63) is 53.6 Å². The monoisotopic (exact) mass is 310 g/mol. The van der Waals surface area contributed by atoms with E-state index in [0.717, 1.165) is 22.9 Å². The lowest BCUT2D eigenvalue weighted by Crippen LogP contribution is -2.05. The predicted molar refractivity (Wildman–Crippen MR) is 77.8 cm³/mol. The second kappa shape index (κ2) is 5.64. The Morgan fingerprint density at radius 3 is 2.50 bits per heavy atom. The van der Waals surface area contributed by atoms with E-state index in [1.807, 2.05) is 0 Å². The van der Waals surface area contributed by atoms with Gasteiger partial charge in [0.05, 0.1) is 10.6 Å². The fourth-order valence-corrected chi connectivity index (χ4v) is 3.06. The first kappa shape index (κ1) is 14.6. The van der Waals surface area contributed by atoms with Gasteiger partial charge in [0.2, 0.25) is 0 Å². The number of carboxylic acid groups (broad SMARTS) is 1. The predicted octanol–water partition coefficient (Wildman–Crippen LogP) is 2.91. The molecule has 0 saturated carbocycles. The largest absolute Gasteiger partial charge is 0.478 e. The summed E-state index contributed by atoms with van der Waals surface area (Å²) in [5.74, 6) is -1.52. The van der Waals surface area contributed by atoms with Gasteiger partial charge < -0.3 is 5.11 Å². The van der Waals surface area contributed by atoms with Crippen molar-refractivity contribution in [2.24, 2.45) is 0 Å². The van der Waals surface area contributed by atoms with E-state index >= 15 is 0 Å². The molecule has 0 unspecified atom stereocenters. The summed E-state index contributed by atoms with van der Waals surface area (Å²) in [5, 5.41) is 10.6. The molecule has 0 heterocycles. The van der Waals surface area contributed by atoms with Gasteiger partial charge in [0.15, 0.2) is 9.84 Å². The van der Waals surface area contributed by atoms with Gasteiger partial charge in [0, 0.05) is 11.1 Å². The third-order valence-corrected chi connectivity index (χ3v) is 4.55. The molecule has 104 valence electrons. The zero-order chi connectivity index (χ0) is 14.8. The van der Waals surface area contributed by atoms with Crippen molar-refractivity contribution in [3.8, 4) is 0 Å². The third-order valence-electron chi connectivity index (χ3n) is 2.71. The van der Waals surface area contributed by atoms with Gasteiger partial charge in [-0.25, -0.2) is 13.2 Å². The van der Waals surface area contributed by atoms with Gasteiger partial charge in [0.25, 0.3) is 0 Å². The average Bonchev–Trinajstić information content (AvgIpc) is 2.37. The Morgan fingerprint density at radius 2 is 1.80 bits per heavy atom. The van der Waals surface area contributed by atoms with Crippen LogP contribution in [-0.4, -0.2) is 25.2 Å². The number of hydrogen-bond acceptors (Lipinski definition) is 3. The number of fused-ring (bicyclic) bond motifs is 1. The van der Waals surface area contributed by atoms with Crippen molar-refractivity contribution < 1.29 is 18.3 Å². The molecule has 0 spiro atoms. The molecule has 0 amide bonds. The number of hydrogen-bond donors (Lipinski definition) is 1. The van der Waals surface area contributed by atoms with Crippen molar-refractivity contribution in [2.75, 3.05) is 5.75 Å². The third kappa shape index (κ3) is 3.37. The number of rotatable bonds is 4. The quantitative estimate of drug-likeness (QED) is 0.881. The maximum atomic E-state index is 12.1. The molecular formula is C14H11ClO4S. The van der Waals surface area contributed by atoms with Gasteiger partial charge in [-0.2, -0.15) is 0 Å². The van der Waals surface area contributed by atoms with Gasteiger partial charge in [-0.1, -0.05) is 29.8 Å². The SMILES string of the molecule is O=C(O)/C=C/CS(=O)(=O)c1ccc2cc(Cl)ccc2c1. The van der Waals surface area contributed by atoms with Crippen molar-refractivity contribution >= 4 is 38.2 Å². The molecule has 2 aromatic carbocycles. The van der Waals surface area contributed by atoms with Crippen LogP contribution in [0.25, 0.3) is 10.8 Å². The number of aliphatic carboxylic acids is 1. The standard InChI is InChI=1S/C14H11ClO4S/c15-12-5-3-11-9-13(6-4-10(11)8-12)20(18,19)7-1-2-14(16)17/h1-6,8-9H,7H2,(H,16,17)/b2-1+. The summed E-state index contributed by atoms with van der Waals surface area (Å²) >= 11 is 5.86. The maximum Gasteiger partial charge on any atom is 0.328 e. The summed E-state index contributed by atoms with van der Waals surface area (Å²) in [5.41, 5.74) is 0. The molecule has 0 aliphatic rings. The molecule has 4 nitrogen and oxygen atoms in total. The second-order valence-corrected chi connectivity index (χ2v) is 6.65. The fourth-order valence-electron chi connectivity index (χ4n) is 1.76. The summed E-state index contributed by atoms with van der Waals surface area (Å²) < 4.78 is 24.1. The highest BCUT2D eigenvalue weighted by atomic mass is 35.5. The van der Waals surface area contributed by atoms with Crippen molar-refractivity contribution in [2.45, 2.75) is 4.90 Å². The Kier molecular flexibility index (Phi) is 4.11. The highest BCUT2D eigenvalue weighted by molar-refractivity contribution is 7.91. The Hall–Kier alpha value is -1.85. The van der Waals surface area contributed by atoms with Crippen LogP contribution in [0.4, 0.5) is 0 Å². The molecule has 0 aromatic heterocycles. The summed E-state index contributed by atoms with van der Waals surface area (Å²) in [4.78, 5) is 10.5. The molecule has 0 aliphatic heterocycles. The summed E-state index contributed by atoms with van der Waals surface area (Å²) in [6.45, 7) is 0. The van der Waals surface area contributed by atoms with Gasteiger partial charge in [-0.15, -0.1) is 0 Å². The first-order valence-electron chi connectivity index (χ1n) is 5.70. The molecule has 2 aromatic rings. The van der Waals surface area contributed by atoms with E-state index in [9.17, 15) is 13.2 Å². The Labute approximate surface area is 121 Å². The fraction of sp³-hybridized carbons (Fsp3) is 0.0714. The van der Waals surface area contributed by atoms with E-state index in [1.165, 1.54) is 6.07 Å². The first-order chi connectivity index (χ1) is 9.38. The van der Waals surface area contributed by atoms with Crippen LogP contribution in [0.1, 0.15) is 0 Å². The molecule has 0 radical (unpaired) electrons. The molecular weight excluding hydrogens is 300 g/mol. The number of benzene rings is 2. The van der Waals surface area contributed by atoms with Crippen molar-refractivity contribution in [3.63, 3.8) is 0 Å². The Bertz CT molecular complexity index is 794. The zero-order valence-corrected chi connectivity index (χ0v) is 11.9. The molecule has 0 atom stereocenters. The zero-order valence-electron chi connectivity index (χ0n) is 10.3. The summed E-state index contributed by atoms with van der Waals surface area (Å²) in [7, 11) is -3.54. The Morgan fingerprint density at radius 1 is 1.15 bits per heavy atom. The van der Waals surface area contributed by atoms with Crippen LogP contribution in [0.3, 0.4) is 0 Å². The van der Waals surface area contributed by atoms with Crippen LogP contribution in [-0.2, 0) is 14.6 Å². The van der Waals surface area contributed by atoms with Crippen LogP contribution >= 0.6 is 11.6 Å². The van der Waals surface area contributed by atoms with Gasteiger partial charge in [-0.3, -0.25) is 0 Å². The topological polar surface area (TPSA) is 71.4 Å². The van der Waals surface area contributed by atoms with E-state index in [4.69, 9.17) is 16.7 Å². The second-order valence-electron chi connectivity index (χ2n) is 4.18. The van der Waals surface area contributed by atoms with Crippen LogP contribution < -0.4 is 0 Å². The van der Waals surface area contributed by atoms with Crippen LogP contribution in [0, 0.1) is 0 Å². The van der Waals surface area contributed by atoms with Gasteiger partial charge >= 0.3 is 5.97 Å². The summed E-state index contributed by atoms with van der Waals surface area (Å²) in [6.07, 6.45) is 1.93. The minimum Gasteiger partial charge on any atom is -0.478 e. The normalized spacial score (nSPS) is 12.1. The lowest BCUT2D eigenvalue weighted by atomic mass is 10.1. The molecule has 20 heavy (non-hydrogen) atoms. The molecule has 6 heteroatoms. The molecule has 0 saturated heterocycles. The number of carbonyl (C=O) groups is 1. The lowest BCUT2D eigenvalue weighted by Gasteiger charge is -2.04. The van der Waals surface area contributed by atoms with E-state index in [-0.39, 0.29) is 10.6 Å². The smallest absolute Gasteiger partial charge is 0.328 e. The van der Waals surface area contributed by atoms with E-state index < -0.39 is 15.8 Å². The summed E-state index contributed by atoms with van der Waals surface area (Å²) in [6, 6.07) is 9.89. The van der Waals surface area contributed by atoms with E-state index in [0.29, 0.717) is 5.02 Å². The number of carboxylic acids is 1. The van der Waals surface area contributed by atoms with Gasteiger partial charge in [0.1, 0.15) is 0 Å². The Balaban J connectivity index is 2.37. The van der Waals surface area contributed by atoms with Crippen LogP contribution in [0.15, 0.2) is 53.4 Å². The molecule has 0 aliphatic carbocycles. The average molecular weight is 311 g/mol. The highest BCUT2D eigenvalue weighted by Gasteiger charge is 2.13. The maximum absolute atomic E-state index is 12.1. The highest BCUT2D eigenvalue weighted by Crippen LogP contribution is 2.23. The molecule has 2 rings (SSSR count). The number of sulfone groups is 1. The van der Waals surface area contributed by atoms with Crippen LogP contribution in [0.2, 0.25) is 5.02 Å². The minimum atomic E-state index is -3.54. The van der Waals surface area contributed by atoms with Crippen molar-refractivity contribution in [1.29, 1.82) is 0 Å². The molecule has 0 fully saturated rings. The lowest BCUT2D eigenvalue weighted by molar-refractivity contribution is -0.131. The van der Waals surface area contributed by atoms with E-state index in [1.54, 1.807) is 30.3 Å². The first-order valence-corrected chi connectivity index (χ1v) is 7.73. The molecule has 0 bridgehead atoms. The minimum absolute atomic E-state index is 0.155. The van der Waals surface area contributed by atoms with Crippen molar-refractivity contribution in [1.82, 2.24) is 0 Å². The van der Waals surface area contributed by atoms with E-state index in [2.05, 4.69) is 0 Å². The molecule has 1 N–H and O–H groups in total. The number of halogens is 1.